The van der Waals surface area contributed by atoms with Crippen LogP contribution >= 0.6 is 12.2 Å². The molecule has 8 heteroatoms. The van der Waals surface area contributed by atoms with Crippen LogP contribution in [-0.4, -0.2) is 31.8 Å². The van der Waals surface area contributed by atoms with Gasteiger partial charge in [-0.25, -0.2) is 4.98 Å². The highest BCUT2D eigenvalue weighted by Crippen LogP contribution is 2.19. The van der Waals surface area contributed by atoms with E-state index in [0.717, 1.165) is 16.7 Å². The number of nitrogens with zero attached hydrogens (tertiary/aromatic N) is 3. The molecule has 2 aromatic heterocycles. The lowest BCUT2D eigenvalue weighted by Gasteiger charge is -2.13. The van der Waals surface area contributed by atoms with Crippen LogP contribution < -0.4 is 10.1 Å². The van der Waals surface area contributed by atoms with E-state index >= 15 is 0 Å². The van der Waals surface area contributed by atoms with Gasteiger partial charge in [-0.15, -0.1) is 0 Å². The Bertz CT molecular complexity index is 1030. The Morgan fingerprint density at radius 2 is 2.14 bits per heavy atom. The second-order valence-electron chi connectivity index (χ2n) is 6.72. The van der Waals surface area contributed by atoms with Crippen LogP contribution in [0, 0.1) is 11.7 Å². The quantitative estimate of drug-likeness (QED) is 0.597. The zero-order valence-corrected chi connectivity index (χ0v) is 16.9. The van der Waals surface area contributed by atoms with Crippen LogP contribution in [0.2, 0.25) is 0 Å². The lowest BCUT2D eigenvalue weighted by molar-refractivity contribution is -0.121. The third-order valence-electron chi connectivity index (χ3n) is 4.01. The molecule has 1 amide bonds. The van der Waals surface area contributed by atoms with Gasteiger partial charge in [0.1, 0.15) is 6.54 Å². The van der Waals surface area contributed by atoms with Crippen molar-refractivity contribution >= 4 is 18.1 Å². The van der Waals surface area contributed by atoms with Crippen LogP contribution in [0.1, 0.15) is 25.0 Å². The largest absolute Gasteiger partial charge is 0.475 e. The van der Waals surface area contributed by atoms with Crippen molar-refractivity contribution in [2.75, 3.05) is 0 Å². The maximum absolute atomic E-state index is 12.5. The maximum atomic E-state index is 12.5. The summed E-state index contributed by atoms with van der Waals surface area (Å²) in [5.41, 5.74) is 2.83. The van der Waals surface area contributed by atoms with Crippen molar-refractivity contribution in [2.24, 2.45) is 0 Å². The Hall–Kier alpha value is -3.00. The zero-order valence-electron chi connectivity index (χ0n) is 16.1. The molecule has 1 aromatic carbocycles. The number of nitrogens with one attached hydrogen (secondary N) is 2. The first-order valence-electron chi connectivity index (χ1n) is 9.03. The number of H-pyrrole nitrogens is 1. The lowest BCUT2D eigenvalue weighted by Crippen LogP contribution is -2.28. The van der Waals surface area contributed by atoms with E-state index in [0.29, 0.717) is 23.0 Å². The number of aryl methyl sites for hydroxylation is 1. The van der Waals surface area contributed by atoms with Crippen LogP contribution in [0.5, 0.6) is 5.88 Å². The second kappa shape index (κ2) is 8.79. The highest BCUT2D eigenvalue weighted by molar-refractivity contribution is 7.71. The Morgan fingerprint density at radius 3 is 2.89 bits per heavy atom. The van der Waals surface area contributed by atoms with Crippen LogP contribution in [0.3, 0.4) is 0 Å². The van der Waals surface area contributed by atoms with E-state index in [9.17, 15) is 4.79 Å². The number of rotatable bonds is 7. The summed E-state index contributed by atoms with van der Waals surface area (Å²) in [6.07, 6.45) is 1.67. The van der Waals surface area contributed by atoms with Gasteiger partial charge in [0.15, 0.2) is 10.6 Å². The van der Waals surface area contributed by atoms with Crippen LogP contribution in [0.4, 0.5) is 0 Å². The summed E-state index contributed by atoms with van der Waals surface area (Å²) in [5, 5.41) is 9.95. The predicted octanol–water partition coefficient (Wildman–Crippen LogP) is 3.41. The van der Waals surface area contributed by atoms with Crippen LogP contribution in [-0.2, 0) is 17.9 Å². The minimum atomic E-state index is -0.175. The molecule has 0 unspecified atom stereocenters. The van der Waals surface area contributed by atoms with Gasteiger partial charge < -0.3 is 10.1 Å². The van der Waals surface area contributed by atoms with Crippen molar-refractivity contribution in [3.05, 3.63) is 58.5 Å². The average Bonchev–Trinajstić information content (AvgIpc) is 3.01. The van der Waals surface area contributed by atoms with Gasteiger partial charge >= 0.3 is 0 Å². The molecule has 3 aromatic rings. The molecule has 0 aliphatic heterocycles. The molecule has 0 atom stereocenters. The minimum absolute atomic E-state index is 0.00509. The molecule has 0 bridgehead atoms. The summed E-state index contributed by atoms with van der Waals surface area (Å²) in [6, 6.07) is 11.6. The standard InChI is InChI=1S/C20H23N5O2S/c1-13(2)27-19-16(8-5-9-21-19)11-22-17(26)12-25-18(23-24-20(25)28)15-7-4-6-14(3)10-15/h4-10,13H,11-12H2,1-3H3,(H,22,26)(H,24,28). The van der Waals surface area contributed by atoms with Gasteiger partial charge in [0, 0.05) is 23.9 Å². The van der Waals surface area contributed by atoms with Crippen molar-refractivity contribution < 1.29 is 9.53 Å². The molecule has 0 radical (unpaired) electrons. The smallest absolute Gasteiger partial charge is 0.240 e. The summed E-state index contributed by atoms with van der Waals surface area (Å²) >= 11 is 5.30. The molecular formula is C20H23N5O2S. The molecule has 3 rings (SSSR count). The van der Waals surface area contributed by atoms with Crippen molar-refractivity contribution in [3.63, 3.8) is 0 Å². The Morgan fingerprint density at radius 1 is 1.32 bits per heavy atom. The molecular weight excluding hydrogens is 374 g/mol. The average molecular weight is 398 g/mol. The molecule has 0 spiro atoms. The van der Waals surface area contributed by atoms with Gasteiger partial charge in [-0.2, -0.15) is 5.10 Å². The van der Waals surface area contributed by atoms with Gasteiger partial charge in [-0.05, 0) is 45.1 Å². The summed E-state index contributed by atoms with van der Waals surface area (Å²) < 4.78 is 7.78. The SMILES string of the molecule is Cc1cccc(-c2n[nH]c(=S)n2CC(=O)NCc2cccnc2OC(C)C)c1. The number of amides is 1. The topological polar surface area (TPSA) is 84.8 Å². The van der Waals surface area contributed by atoms with Crippen LogP contribution in [0.15, 0.2) is 42.6 Å². The molecule has 28 heavy (non-hydrogen) atoms. The second-order valence-corrected chi connectivity index (χ2v) is 7.11. The number of carbonyl (C=O) groups excluding carboxylic acids is 1. The molecule has 7 nitrogen and oxygen atoms in total. The lowest BCUT2D eigenvalue weighted by atomic mass is 10.1. The summed E-state index contributed by atoms with van der Waals surface area (Å²) in [7, 11) is 0. The molecule has 2 N–H and O–H groups in total. The fourth-order valence-corrected chi connectivity index (χ4v) is 2.95. The molecule has 0 fully saturated rings. The van der Waals surface area contributed by atoms with Crippen molar-refractivity contribution in [3.8, 4) is 17.3 Å². The normalized spacial score (nSPS) is 10.9. The van der Waals surface area contributed by atoms with Crippen LogP contribution in [0.25, 0.3) is 11.4 Å². The minimum Gasteiger partial charge on any atom is -0.475 e. The molecule has 146 valence electrons. The van der Waals surface area contributed by atoms with Crippen molar-refractivity contribution in [2.45, 2.75) is 40.0 Å². The van der Waals surface area contributed by atoms with E-state index in [1.807, 2.05) is 57.2 Å². The van der Waals surface area contributed by atoms with Gasteiger partial charge in [0.25, 0.3) is 0 Å². The summed E-state index contributed by atoms with van der Waals surface area (Å²) in [4.78, 5) is 16.8. The van der Waals surface area contributed by atoms with E-state index in [1.165, 1.54) is 0 Å². The van der Waals surface area contributed by atoms with Gasteiger partial charge in [0.2, 0.25) is 11.8 Å². The van der Waals surface area contributed by atoms with Crippen molar-refractivity contribution in [1.82, 2.24) is 25.1 Å². The number of carbonyl (C=O) groups is 1. The molecule has 0 saturated carbocycles. The number of hydrogen-bond acceptors (Lipinski definition) is 5. The first-order chi connectivity index (χ1) is 13.4. The monoisotopic (exact) mass is 397 g/mol. The van der Waals surface area contributed by atoms with E-state index in [4.69, 9.17) is 17.0 Å². The Balaban J connectivity index is 1.72. The molecule has 0 saturated heterocycles. The maximum Gasteiger partial charge on any atom is 0.240 e. The van der Waals surface area contributed by atoms with E-state index in [-0.39, 0.29) is 18.6 Å². The number of hydrogen-bond donors (Lipinski definition) is 2. The molecule has 2 heterocycles. The van der Waals surface area contributed by atoms with Crippen molar-refractivity contribution in [1.29, 1.82) is 0 Å². The Labute approximate surface area is 168 Å². The first-order valence-corrected chi connectivity index (χ1v) is 9.44. The van der Waals surface area contributed by atoms with Gasteiger partial charge in [0.05, 0.1) is 6.10 Å². The highest BCUT2D eigenvalue weighted by Gasteiger charge is 2.13. The van der Waals surface area contributed by atoms with E-state index < -0.39 is 0 Å². The number of aromatic nitrogens is 4. The summed E-state index contributed by atoms with van der Waals surface area (Å²) in [6.45, 7) is 6.26. The third kappa shape index (κ3) is 4.83. The predicted molar refractivity (Wildman–Crippen MR) is 109 cm³/mol. The zero-order chi connectivity index (χ0) is 20.1. The first kappa shape index (κ1) is 19.8. The van der Waals surface area contributed by atoms with Gasteiger partial charge in [-0.3, -0.25) is 14.5 Å². The molecule has 0 aliphatic carbocycles. The Kier molecular flexibility index (Phi) is 6.20. The molecule has 0 aliphatic rings. The van der Waals surface area contributed by atoms with Gasteiger partial charge in [-0.1, -0.05) is 29.8 Å². The van der Waals surface area contributed by atoms with E-state index in [2.05, 4.69) is 20.5 Å². The number of ether oxygens (including phenoxy) is 1. The summed E-state index contributed by atoms with van der Waals surface area (Å²) in [5.74, 6) is 0.984. The number of aromatic amines is 1. The number of pyridine rings is 1. The van der Waals surface area contributed by atoms with E-state index in [1.54, 1.807) is 10.8 Å². The highest BCUT2D eigenvalue weighted by atomic mass is 32.1. The number of benzene rings is 1. The fraction of sp³-hybridized carbons (Fsp3) is 0.300. The fourth-order valence-electron chi connectivity index (χ4n) is 2.75. The third-order valence-corrected chi connectivity index (χ3v) is 4.32.